The predicted molar refractivity (Wildman–Crippen MR) is 91.5 cm³/mol. The number of hydrogen-bond donors (Lipinski definition) is 2. The first-order valence-electron chi connectivity index (χ1n) is 7.15. The Morgan fingerprint density at radius 2 is 1.79 bits per heavy atom. The molecule has 0 amide bonds. The summed E-state index contributed by atoms with van der Waals surface area (Å²) in [6, 6.07) is 8.74. The molecule has 2 N–H and O–H groups in total. The Kier molecular flexibility index (Phi) is 4.74. The van der Waals surface area contributed by atoms with Crippen molar-refractivity contribution in [3.05, 3.63) is 57.2 Å². The summed E-state index contributed by atoms with van der Waals surface area (Å²) in [5.41, 5.74) is 1.00. The minimum atomic E-state index is -4.03. The first kappa shape index (κ1) is 17.5. The summed E-state index contributed by atoms with van der Waals surface area (Å²) in [7, 11) is -4.03. The van der Waals surface area contributed by atoms with Crippen molar-refractivity contribution in [2.75, 3.05) is 10.8 Å². The highest BCUT2D eigenvalue weighted by molar-refractivity contribution is 7.93. The van der Waals surface area contributed by atoms with Gasteiger partial charge in [-0.1, -0.05) is 23.2 Å². The molecule has 0 saturated heterocycles. The summed E-state index contributed by atoms with van der Waals surface area (Å²) in [6.07, 6.45) is 1.34. The molecule has 128 valence electrons. The Morgan fingerprint density at radius 1 is 1.12 bits per heavy atom. The second-order valence-corrected chi connectivity index (χ2v) is 8.10. The van der Waals surface area contributed by atoms with E-state index in [0.29, 0.717) is 23.6 Å². The van der Waals surface area contributed by atoms with Crippen molar-refractivity contribution in [3.63, 3.8) is 0 Å². The molecule has 0 bridgehead atoms. The third kappa shape index (κ3) is 3.11. The fourth-order valence-electron chi connectivity index (χ4n) is 2.79. The van der Waals surface area contributed by atoms with Gasteiger partial charge in [0.15, 0.2) is 10.6 Å². The van der Waals surface area contributed by atoms with Gasteiger partial charge in [0.25, 0.3) is 10.0 Å². The normalized spacial score (nSPS) is 15.9. The topological polar surface area (TPSA) is 85.1 Å². The van der Waals surface area contributed by atoms with E-state index in [-0.39, 0.29) is 22.2 Å². The second-order valence-electron chi connectivity index (χ2n) is 5.40. The molecular weight excluding hydrogens is 375 g/mol. The Balaban J connectivity index is 2.14. The largest absolute Gasteiger partial charge is 0.595 e. The number of halogens is 2. The molecule has 0 fully saturated rings. The number of nitrogens with zero attached hydrogens (tertiary/aromatic N) is 1. The van der Waals surface area contributed by atoms with Gasteiger partial charge in [0.2, 0.25) is 0 Å². The summed E-state index contributed by atoms with van der Waals surface area (Å²) in [6.45, 7) is 0.276. The minimum absolute atomic E-state index is 0.164. The zero-order valence-electron chi connectivity index (χ0n) is 12.4. The maximum absolute atomic E-state index is 13.1. The standard InChI is InChI=1S/C15H14Cl2N2O4S/c16-11-3-5-13-10(8-11)2-1-7-18(13)24(22,23)15-6-4-12(17)9-14(15)19(20)21/h3-6,8-9,19-20H,1-2,7H2. The third-order valence-electron chi connectivity index (χ3n) is 3.86. The number of benzene rings is 2. The van der Waals surface area contributed by atoms with Crippen molar-refractivity contribution in [1.29, 1.82) is 0 Å². The van der Waals surface area contributed by atoms with Gasteiger partial charge in [0.1, 0.15) is 0 Å². The zero-order valence-corrected chi connectivity index (χ0v) is 14.7. The Labute approximate surface area is 149 Å². The van der Waals surface area contributed by atoms with Crippen molar-refractivity contribution in [2.24, 2.45) is 0 Å². The van der Waals surface area contributed by atoms with Gasteiger partial charge < -0.3 is 5.21 Å². The molecule has 1 heterocycles. The Bertz CT molecular complexity index is 887. The summed E-state index contributed by atoms with van der Waals surface area (Å²) < 4.78 is 27.3. The predicted octanol–water partition coefficient (Wildman–Crippen LogP) is 2.54. The van der Waals surface area contributed by atoms with Gasteiger partial charge in [-0.2, -0.15) is 5.23 Å². The van der Waals surface area contributed by atoms with E-state index in [0.717, 1.165) is 11.6 Å². The van der Waals surface area contributed by atoms with Gasteiger partial charge in [-0.3, -0.25) is 4.31 Å². The first-order chi connectivity index (χ1) is 11.3. The highest BCUT2D eigenvalue weighted by Gasteiger charge is 2.33. The highest BCUT2D eigenvalue weighted by Crippen LogP contribution is 2.35. The molecule has 1 aliphatic heterocycles. The summed E-state index contributed by atoms with van der Waals surface area (Å²) in [4.78, 5) is -0.276. The monoisotopic (exact) mass is 388 g/mol. The van der Waals surface area contributed by atoms with E-state index in [2.05, 4.69) is 0 Å². The van der Waals surface area contributed by atoms with Crippen molar-refractivity contribution < 1.29 is 18.9 Å². The first-order valence-corrected chi connectivity index (χ1v) is 9.34. The number of fused-ring (bicyclic) bond motifs is 1. The Morgan fingerprint density at radius 3 is 2.50 bits per heavy atom. The van der Waals surface area contributed by atoms with E-state index in [1.807, 2.05) is 0 Å². The molecule has 1 atom stereocenters. The van der Waals surface area contributed by atoms with Gasteiger partial charge in [-0.15, -0.1) is 0 Å². The van der Waals surface area contributed by atoms with E-state index in [1.54, 1.807) is 18.2 Å². The van der Waals surface area contributed by atoms with Crippen molar-refractivity contribution in [1.82, 2.24) is 0 Å². The lowest BCUT2D eigenvalue weighted by molar-refractivity contribution is -0.992. The fourth-order valence-corrected chi connectivity index (χ4v) is 4.87. The molecule has 0 radical (unpaired) electrons. The molecule has 0 spiro atoms. The molecule has 3 rings (SSSR count). The average Bonchev–Trinajstić information content (AvgIpc) is 2.53. The van der Waals surface area contributed by atoms with Gasteiger partial charge >= 0.3 is 0 Å². The van der Waals surface area contributed by atoms with Gasteiger partial charge in [0, 0.05) is 22.7 Å². The molecule has 6 nitrogen and oxygen atoms in total. The SMILES string of the molecule is O=S(=O)(c1ccc(Cl)cc1[NH+]([O-])O)N1CCCc2cc(Cl)ccc21. The number of nitrogens with one attached hydrogen (secondary N) is 1. The molecular formula is C15H14Cl2N2O4S. The van der Waals surface area contributed by atoms with Crippen LogP contribution in [0.15, 0.2) is 41.3 Å². The van der Waals surface area contributed by atoms with Gasteiger partial charge in [-0.25, -0.2) is 13.6 Å². The molecule has 9 heteroatoms. The van der Waals surface area contributed by atoms with E-state index in [1.165, 1.54) is 16.4 Å². The highest BCUT2D eigenvalue weighted by atomic mass is 35.5. The summed E-state index contributed by atoms with van der Waals surface area (Å²) in [5, 5.41) is 20.1. The van der Waals surface area contributed by atoms with Crippen LogP contribution in [-0.2, 0) is 16.4 Å². The van der Waals surface area contributed by atoms with E-state index >= 15 is 0 Å². The number of sulfonamides is 1. The second kappa shape index (κ2) is 6.51. The number of quaternary nitrogens is 1. The quantitative estimate of drug-likeness (QED) is 0.791. The van der Waals surface area contributed by atoms with Crippen molar-refractivity contribution in [2.45, 2.75) is 17.7 Å². The van der Waals surface area contributed by atoms with Crippen LogP contribution in [0.5, 0.6) is 0 Å². The maximum atomic E-state index is 13.1. The van der Waals surface area contributed by atoms with E-state index in [4.69, 9.17) is 23.2 Å². The van der Waals surface area contributed by atoms with Crippen LogP contribution in [0.4, 0.5) is 11.4 Å². The molecule has 1 aliphatic rings. The van der Waals surface area contributed by atoms with Crippen molar-refractivity contribution >= 4 is 44.6 Å². The number of aryl methyl sites for hydroxylation is 1. The van der Waals surface area contributed by atoms with Crippen LogP contribution in [-0.4, -0.2) is 20.2 Å². The maximum Gasteiger partial charge on any atom is 0.270 e. The van der Waals surface area contributed by atoms with Gasteiger partial charge in [0.05, 0.1) is 5.69 Å². The van der Waals surface area contributed by atoms with Crippen LogP contribution in [0.25, 0.3) is 0 Å². The van der Waals surface area contributed by atoms with Gasteiger partial charge in [-0.05, 0) is 48.7 Å². The average molecular weight is 389 g/mol. The van der Waals surface area contributed by atoms with Crippen LogP contribution in [0.1, 0.15) is 12.0 Å². The number of anilines is 1. The lowest BCUT2D eigenvalue weighted by Crippen LogP contribution is -2.99. The summed E-state index contributed by atoms with van der Waals surface area (Å²) in [5.74, 6) is 0. The van der Waals surface area contributed by atoms with Crippen LogP contribution >= 0.6 is 23.2 Å². The third-order valence-corrected chi connectivity index (χ3v) is 6.20. The summed E-state index contributed by atoms with van der Waals surface area (Å²) >= 11 is 11.8. The molecule has 0 aromatic heterocycles. The molecule has 2 aromatic rings. The molecule has 0 aliphatic carbocycles. The van der Waals surface area contributed by atoms with E-state index in [9.17, 15) is 18.8 Å². The fraction of sp³-hybridized carbons (Fsp3) is 0.200. The molecule has 24 heavy (non-hydrogen) atoms. The Hall–Kier alpha value is -1.35. The molecule has 2 aromatic carbocycles. The molecule has 0 saturated carbocycles. The lowest BCUT2D eigenvalue weighted by Gasteiger charge is -2.31. The number of hydrogen-bond acceptors (Lipinski definition) is 4. The van der Waals surface area contributed by atoms with Crippen LogP contribution < -0.4 is 9.53 Å². The van der Waals surface area contributed by atoms with Crippen LogP contribution in [0, 0.1) is 5.21 Å². The van der Waals surface area contributed by atoms with Crippen LogP contribution in [0.3, 0.4) is 0 Å². The zero-order chi connectivity index (χ0) is 17.5. The van der Waals surface area contributed by atoms with E-state index < -0.39 is 15.2 Å². The minimum Gasteiger partial charge on any atom is -0.595 e. The molecule has 1 unspecified atom stereocenters. The van der Waals surface area contributed by atoms with Crippen LogP contribution in [0.2, 0.25) is 10.0 Å². The number of rotatable bonds is 3. The lowest BCUT2D eigenvalue weighted by atomic mass is 10.0. The smallest absolute Gasteiger partial charge is 0.270 e. The van der Waals surface area contributed by atoms with Crippen molar-refractivity contribution in [3.8, 4) is 0 Å².